The molecule has 1 fully saturated rings. The number of nitrogens with two attached hydrogens (primary N) is 1. The first-order valence-corrected chi connectivity index (χ1v) is 8.94. The number of hydrogen-bond acceptors (Lipinski definition) is 4. The number of amides is 2. The maximum Gasteiger partial charge on any atom is 0.253 e. The summed E-state index contributed by atoms with van der Waals surface area (Å²) in [4.78, 5) is 29.6. The van der Waals surface area contributed by atoms with Crippen LogP contribution in [-0.2, 0) is 11.2 Å². The van der Waals surface area contributed by atoms with Crippen LogP contribution < -0.4 is 5.73 Å². The molecule has 0 radical (unpaired) electrons. The van der Waals surface area contributed by atoms with Crippen LogP contribution in [0.25, 0.3) is 0 Å². The lowest BCUT2D eigenvalue weighted by molar-refractivity contribution is -0.134. The van der Waals surface area contributed by atoms with E-state index in [0.29, 0.717) is 38.2 Å². The Morgan fingerprint density at radius 2 is 1.67 bits per heavy atom. The van der Waals surface area contributed by atoms with Crippen molar-refractivity contribution in [3.05, 3.63) is 58.3 Å². The summed E-state index contributed by atoms with van der Waals surface area (Å²) in [5.74, 6) is -0.0132. The monoisotopic (exact) mass is 343 g/mol. The van der Waals surface area contributed by atoms with Gasteiger partial charge in [-0.05, 0) is 23.6 Å². The smallest absolute Gasteiger partial charge is 0.253 e. The first-order valence-electron chi connectivity index (χ1n) is 8.06. The van der Waals surface area contributed by atoms with E-state index in [2.05, 4.69) is 0 Å². The van der Waals surface area contributed by atoms with E-state index in [1.54, 1.807) is 21.1 Å². The molecule has 0 aliphatic carbocycles. The molecule has 1 aliphatic rings. The molecule has 1 unspecified atom stereocenters. The Labute approximate surface area is 145 Å². The van der Waals surface area contributed by atoms with Gasteiger partial charge in [-0.25, -0.2) is 0 Å². The van der Waals surface area contributed by atoms with Crippen LogP contribution >= 0.6 is 11.3 Å². The molecule has 1 aromatic carbocycles. The maximum absolute atomic E-state index is 12.5. The van der Waals surface area contributed by atoms with Crippen LogP contribution in [0.4, 0.5) is 0 Å². The topological polar surface area (TPSA) is 66.6 Å². The van der Waals surface area contributed by atoms with Crippen LogP contribution in [0.15, 0.2) is 47.8 Å². The van der Waals surface area contributed by atoms with E-state index in [0.717, 1.165) is 4.88 Å². The van der Waals surface area contributed by atoms with E-state index in [1.807, 2.05) is 47.8 Å². The number of nitrogens with zero attached hydrogens (tertiary/aromatic N) is 2. The lowest BCUT2D eigenvalue weighted by Gasteiger charge is -2.36. The molecule has 24 heavy (non-hydrogen) atoms. The van der Waals surface area contributed by atoms with Crippen LogP contribution in [0.3, 0.4) is 0 Å². The molecular weight excluding hydrogens is 322 g/mol. The minimum atomic E-state index is -0.514. The minimum absolute atomic E-state index is 0.0191. The average Bonchev–Trinajstić information content (AvgIpc) is 3.14. The van der Waals surface area contributed by atoms with Crippen molar-refractivity contribution >= 4 is 23.2 Å². The summed E-state index contributed by atoms with van der Waals surface area (Å²) >= 11 is 1.61. The van der Waals surface area contributed by atoms with Crippen molar-refractivity contribution in [2.75, 3.05) is 26.2 Å². The highest BCUT2D eigenvalue weighted by Crippen LogP contribution is 2.13. The van der Waals surface area contributed by atoms with Gasteiger partial charge in [-0.1, -0.05) is 24.3 Å². The van der Waals surface area contributed by atoms with Crippen molar-refractivity contribution < 1.29 is 9.59 Å². The summed E-state index contributed by atoms with van der Waals surface area (Å²) in [5, 5.41) is 1.99. The molecule has 2 heterocycles. The summed E-state index contributed by atoms with van der Waals surface area (Å²) in [7, 11) is 0. The summed E-state index contributed by atoms with van der Waals surface area (Å²) in [6.45, 7) is 2.17. The fraction of sp³-hybridized carbons (Fsp3) is 0.333. The van der Waals surface area contributed by atoms with E-state index >= 15 is 0 Å². The van der Waals surface area contributed by atoms with E-state index in [-0.39, 0.29) is 11.8 Å². The highest BCUT2D eigenvalue weighted by atomic mass is 32.1. The molecule has 3 rings (SSSR count). The molecule has 1 atom stereocenters. The number of rotatable bonds is 4. The van der Waals surface area contributed by atoms with Gasteiger partial charge in [-0.2, -0.15) is 0 Å². The second kappa shape index (κ2) is 7.59. The van der Waals surface area contributed by atoms with Crippen LogP contribution in [-0.4, -0.2) is 53.8 Å². The molecular formula is C18H21N3O2S. The third-order valence-corrected chi connectivity index (χ3v) is 5.12. The number of hydrogen-bond donors (Lipinski definition) is 1. The molecule has 2 aromatic rings. The Kier molecular flexibility index (Phi) is 5.27. The van der Waals surface area contributed by atoms with Crippen molar-refractivity contribution in [2.45, 2.75) is 12.5 Å². The maximum atomic E-state index is 12.5. The van der Waals surface area contributed by atoms with Gasteiger partial charge in [0.25, 0.3) is 5.91 Å². The Hall–Kier alpha value is -2.18. The number of thiophene rings is 1. The number of carbonyl (C=O) groups is 2. The normalized spacial score (nSPS) is 16.0. The van der Waals surface area contributed by atoms with Crippen molar-refractivity contribution in [3.8, 4) is 0 Å². The molecule has 2 N–H and O–H groups in total. The van der Waals surface area contributed by atoms with E-state index < -0.39 is 6.04 Å². The zero-order chi connectivity index (χ0) is 16.9. The molecule has 5 nitrogen and oxygen atoms in total. The standard InChI is InChI=1S/C18H21N3O2S/c19-16(13-15-7-4-12-24-15)18(23)21-10-8-20(9-11-21)17(22)14-5-2-1-3-6-14/h1-7,12,16H,8-11,13,19H2. The number of piperazine rings is 1. The van der Waals surface area contributed by atoms with Gasteiger partial charge in [0.1, 0.15) is 0 Å². The quantitative estimate of drug-likeness (QED) is 0.917. The summed E-state index contributed by atoms with van der Waals surface area (Å²) < 4.78 is 0. The predicted octanol–water partition coefficient (Wildman–Crippen LogP) is 1.60. The molecule has 0 saturated carbocycles. The Morgan fingerprint density at radius 3 is 2.29 bits per heavy atom. The Morgan fingerprint density at radius 1 is 1.00 bits per heavy atom. The van der Waals surface area contributed by atoms with Gasteiger partial charge in [0.2, 0.25) is 5.91 Å². The third kappa shape index (κ3) is 3.83. The fourth-order valence-corrected chi connectivity index (χ4v) is 3.63. The van der Waals surface area contributed by atoms with Crippen molar-refractivity contribution in [3.63, 3.8) is 0 Å². The van der Waals surface area contributed by atoms with Gasteiger partial charge < -0.3 is 15.5 Å². The lowest BCUT2D eigenvalue weighted by atomic mass is 10.1. The summed E-state index contributed by atoms with van der Waals surface area (Å²) in [6.07, 6.45) is 0.569. The number of carbonyl (C=O) groups excluding carboxylic acids is 2. The molecule has 2 amide bonds. The van der Waals surface area contributed by atoms with Crippen LogP contribution in [0.5, 0.6) is 0 Å². The van der Waals surface area contributed by atoms with Gasteiger partial charge in [0.15, 0.2) is 0 Å². The highest BCUT2D eigenvalue weighted by Gasteiger charge is 2.27. The zero-order valence-electron chi connectivity index (χ0n) is 13.4. The van der Waals surface area contributed by atoms with Gasteiger partial charge in [0.05, 0.1) is 6.04 Å². The molecule has 0 spiro atoms. The summed E-state index contributed by atoms with van der Waals surface area (Å²) in [5.41, 5.74) is 6.75. The van der Waals surface area contributed by atoms with Crippen molar-refractivity contribution in [2.24, 2.45) is 5.73 Å². The number of benzene rings is 1. The van der Waals surface area contributed by atoms with E-state index in [1.165, 1.54) is 0 Å². The van der Waals surface area contributed by atoms with E-state index in [4.69, 9.17) is 5.73 Å². The van der Waals surface area contributed by atoms with E-state index in [9.17, 15) is 9.59 Å². The molecule has 0 bridgehead atoms. The predicted molar refractivity (Wildman–Crippen MR) is 94.9 cm³/mol. The lowest BCUT2D eigenvalue weighted by Crippen LogP contribution is -2.54. The molecule has 126 valence electrons. The Bertz CT molecular complexity index is 680. The van der Waals surface area contributed by atoms with Crippen LogP contribution in [0.2, 0.25) is 0 Å². The first kappa shape index (κ1) is 16.7. The van der Waals surface area contributed by atoms with Crippen LogP contribution in [0.1, 0.15) is 15.2 Å². The van der Waals surface area contributed by atoms with Crippen LogP contribution in [0, 0.1) is 0 Å². The molecule has 1 aliphatic heterocycles. The van der Waals surface area contributed by atoms with Crippen molar-refractivity contribution in [1.82, 2.24) is 9.80 Å². The molecule has 1 saturated heterocycles. The largest absolute Gasteiger partial charge is 0.338 e. The second-order valence-electron chi connectivity index (χ2n) is 5.87. The fourth-order valence-electron chi connectivity index (χ4n) is 2.86. The van der Waals surface area contributed by atoms with Gasteiger partial charge in [-0.15, -0.1) is 11.3 Å². The first-order chi connectivity index (χ1) is 11.6. The zero-order valence-corrected chi connectivity index (χ0v) is 14.2. The summed E-state index contributed by atoms with van der Waals surface area (Å²) in [6, 6.07) is 12.7. The SMILES string of the molecule is NC(Cc1cccs1)C(=O)N1CCN(C(=O)c2ccccc2)CC1. The average molecular weight is 343 g/mol. The van der Waals surface area contributed by atoms with Gasteiger partial charge in [0, 0.05) is 43.0 Å². The Balaban J connectivity index is 1.53. The second-order valence-corrected chi connectivity index (χ2v) is 6.91. The minimum Gasteiger partial charge on any atom is -0.338 e. The van der Waals surface area contributed by atoms with Gasteiger partial charge in [-0.3, -0.25) is 9.59 Å². The third-order valence-electron chi connectivity index (χ3n) is 4.22. The highest BCUT2D eigenvalue weighted by molar-refractivity contribution is 7.09. The van der Waals surface area contributed by atoms with Crippen molar-refractivity contribution in [1.29, 1.82) is 0 Å². The molecule has 6 heteroatoms. The molecule has 1 aromatic heterocycles. The van der Waals surface area contributed by atoms with Gasteiger partial charge >= 0.3 is 0 Å².